The van der Waals surface area contributed by atoms with Crippen molar-refractivity contribution in [1.82, 2.24) is 0 Å². The number of esters is 3. The second-order valence-electron chi connectivity index (χ2n) is 21.3. The van der Waals surface area contributed by atoms with Crippen LogP contribution in [0.25, 0.3) is 0 Å². The summed E-state index contributed by atoms with van der Waals surface area (Å²) in [6, 6.07) is 0. The van der Waals surface area contributed by atoms with E-state index in [1.165, 1.54) is 77.0 Å². The van der Waals surface area contributed by atoms with Crippen LogP contribution in [0.2, 0.25) is 0 Å². The average molecular weight is 1120 g/mol. The lowest BCUT2D eigenvalue weighted by Gasteiger charge is -2.18. The second-order valence-corrected chi connectivity index (χ2v) is 21.3. The molecule has 0 aliphatic heterocycles. The molecule has 6 heteroatoms. The molecule has 0 aliphatic carbocycles. The number of carbonyl (C=O) groups excluding carboxylic acids is 3. The number of hydrogen-bond acceptors (Lipinski definition) is 6. The molecule has 0 aliphatic rings. The van der Waals surface area contributed by atoms with Crippen molar-refractivity contribution in [2.75, 3.05) is 13.2 Å². The van der Waals surface area contributed by atoms with Gasteiger partial charge < -0.3 is 14.2 Å². The molecule has 6 nitrogen and oxygen atoms in total. The van der Waals surface area contributed by atoms with Gasteiger partial charge in [-0.3, -0.25) is 14.4 Å². The van der Waals surface area contributed by atoms with E-state index in [1.54, 1.807) is 0 Å². The van der Waals surface area contributed by atoms with Gasteiger partial charge in [0, 0.05) is 19.3 Å². The Labute approximate surface area is 499 Å². The highest BCUT2D eigenvalue weighted by molar-refractivity contribution is 5.71. The van der Waals surface area contributed by atoms with Crippen LogP contribution < -0.4 is 0 Å². The first kappa shape index (κ1) is 76.0. The summed E-state index contributed by atoms with van der Waals surface area (Å²) in [5.41, 5.74) is 0. The van der Waals surface area contributed by atoms with Crippen molar-refractivity contribution in [3.05, 3.63) is 158 Å². The van der Waals surface area contributed by atoms with Crippen molar-refractivity contribution in [1.29, 1.82) is 0 Å². The molecule has 0 aromatic heterocycles. The van der Waals surface area contributed by atoms with E-state index in [2.05, 4.69) is 179 Å². The molecule has 1 unspecified atom stereocenters. The minimum absolute atomic E-state index is 0.106. The number of rotatable bonds is 58. The van der Waals surface area contributed by atoms with Gasteiger partial charge in [-0.15, -0.1) is 0 Å². The van der Waals surface area contributed by atoms with Crippen molar-refractivity contribution >= 4 is 17.9 Å². The van der Waals surface area contributed by atoms with Gasteiger partial charge in [-0.1, -0.05) is 269 Å². The molecule has 0 heterocycles. The predicted molar refractivity (Wildman–Crippen MR) is 352 cm³/mol. The summed E-state index contributed by atoms with van der Waals surface area (Å²) >= 11 is 0. The SMILES string of the molecule is CC/C=C\C/C=C\C/C=C\C/C=C\C/C=C\C/C=C\C/C=C\CCCCCCCC(=O)OCC(COC(=O)CCCCCCCCC/C=C\CCCCCCCC)OC(=O)CCCCC/C=C\C/C=C\C/C=C\C/C=C\C/C=C\CC. The van der Waals surface area contributed by atoms with Crippen molar-refractivity contribution in [3.8, 4) is 0 Å². The van der Waals surface area contributed by atoms with E-state index < -0.39 is 6.10 Å². The van der Waals surface area contributed by atoms with Crippen LogP contribution in [0.3, 0.4) is 0 Å². The Morgan fingerprint density at radius 1 is 0.259 bits per heavy atom. The van der Waals surface area contributed by atoms with E-state index in [0.29, 0.717) is 19.3 Å². The van der Waals surface area contributed by atoms with Crippen LogP contribution in [0.1, 0.15) is 278 Å². The van der Waals surface area contributed by atoms with Gasteiger partial charge in [0.25, 0.3) is 0 Å². The fraction of sp³-hybridized carbons (Fsp3) is 0.613. The van der Waals surface area contributed by atoms with Crippen molar-refractivity contribution in [3.63, 3.8) is 0 Å². The van der Waals surface area contributed by atoms with Gasteiger partial charge in [-0.25, -0.2) is 0 Å². The normalized spacial score (nSPS) is 13.2. The summed E-state index contributed by atoms with van der Waals surface area (Å²) < 4.78 is 16.9. The second kappa shape index (κ2) is 67.5. The molecule has 0 aromatic rings. The molecule has 0 bridgehead atoms. The maximum atomic E-state index is 12.9. The third-order valence-electron chi connectivity index (χ3n) is 13.5. The molecule has 1 atom stereocenters. The lowest BCUT2D eigenvalue weighted by atomic mass is 10.1. The van der Waals surface area contributed by atoms with E-state index in [9.17, 15) is 14.4 Å². The molecule has 0 saturated carbocycles. The highest BCUT2D eigenvalue weighted by Gasteiger charge is 2.19. The minimum Gasteiger partial charge on any atom is -0.462 e. The summed E-state index contributed by atoms with van der Waals surface area (Å²) in [4.78, 5) is 38.4. The molecule has 0 amide bonds. The number of carbonyl (C=O) groups is 3. The molecule has 81 heavy (non-hydrogen) atoms. The molecule has 0 spiro atoms. The average Bonchev–Trinajstić information content (AvgIpc) is 3.47. The van der Waals surface area contributed by atoms with Crippen LogP contribution in [-0.2, 0) is 28.6 Å². The monoisotopic (exact) mass is 1120 g/mol. The fourth-order valence-corrected chi connectivity index (χ4v) is 8.62. The number of allylic oxidation sites excluding steroid dienone is 26. The first-order chi connectivity index (χ1) is 40.0. The van der Waals surface area contributed by atoms with E-state index in [-0.39, 0.29) is 37.5 Å². The van der Waals surface area contributed by atoms with E-state index in [0.717, 1.165) is 154 Å². The van der Waals surface area contributed by atoms with Crippen LogP contribution in [0.5, 0.6) is 0 Å². The molecular weight excluding hydrogens is 997 g/mol. The third-order valence-corrected chi connectivity index (χ3v) is 13.5. The molecule has 0 saturated heterocycles. The smallest absolute Gasteiger partial charge is 0.306 e. The zero-order valence-electron chi connectivity index (χ0n) is 52.2. The summed E-state index contributed by atoms with van der Waals surface area (Å²) in [6.07, 6.45) is 98.1. The zero-order chi connectivity index (χ0) is 58.5. The van der Waals surface area contributed by atoms with Crippen molar-refractivity contribution in [2.24, 2.45) is 0 Å². The van der Waals surface area contributed by atoms with Gasteiger partial charge in [0.15, 0.2) is 6.10 Å². The first-order valence-electron chi connectivity index (χ1n) is 33.0. The van der Waals surface area contributed by atoms with Crippen LogP contribution in [0, 0.1) is 0 Å². The third kappa shape index (κ3) is 65.7. The Kier molecular flexibility index (Phi) is 63.4. The Morgan fingerprint density at radius 3 is 0.778 bits per heavy atom. The van der Waals surface area contributed by atoms with Gasteiger partial charge >= 0.3 is 17.9 Å². The molecular formula is C75H120O6. The minimum atomic E-state index is -0.815. The van der Waals surface area contributed by atoms with Crippen LogP contribution in [0.4, 0.5) is 0 Å². The lowest BCUT2D eigenvalue weighted by molar-refractivity contribution is -0.167. The Morgan fingerprint density at radius 2 is 0.481 bits per heavy atom. The maximum Gasteiger partial charge on any atom is 0.306 e. The Bertz CT molecular complexity index is 1810. The van der Waals surface area contributed by atoms with Crippen molar-refractivity contribution in [2.45, 2.75) is 284 Å². The highest BCUT2D eigenvalue weighted by atomic mass is 16.6. The summed E-state index contributed by atoms with van der Waals surface area (Å²) in [6.45, 7) is 6.37. The lowest BCUT2D eigenvalue weighted by Crippen LogP contribution is -2.30. The van der Waals surface area contributed by atoms with Gasteiger partial charge in [0.05, 0.1) is 0 Å². The summed E-state index contributed by atoms with van der Waals surface area (Å²) in [5.74, 6) is -0.963. The van der Waals surface area contributed by atoms with E-state index >= 15 is 0 Å². The Hall–Kier alpha value is -4.97. The molecule has 456 valence electrons. The van der Waals surface area contributed by atoms with E-state index in [1.807, 2.05) is 0 Å². The number of ether oxygens (including phenoxy) is 3. The van der Waals surface area contributed by atoms with Gasteiger partial charge in [0.2, 0.25) is 0 Å². The van der Waals surface area contributed by atoms with Gasteiger partial charge in [-0.2, -0.15) is 0 Å². The van der Waals surface area contributed by atoms with Crippen molar-refractivity contribution < 1.29 is 28.6 Å². The summed E-state index contributed by atoms with van der Waals surface area (Å²) in [5, 5.41) is 0. The van der Waals surface area contributed by atoms with Crippen LogP contribution >= 0.6 is 0 Å². The highest BCUT2D eigenvalue weighted by Crippen LogP contribution is 2.14. The fourth-order valence-electron chi connectivity index (χ4n) is 8.62. The molecule has 0 rings (SSSR count). The topological polar surface area (TPSA) is 78.9 Å². The quantitative estimate of drug-likeness (QED) is 0.0261. The summed E-state index contributed by atoms with van der Waals surface area (Å²) in [7, 11) is 0. The molecule has 0 N–H and O–H groups in total. The molecule has 0 aromatic carbocycles. The number of unbranched alkanes of at least 4 members (excludes halogenated alkanes) is 21. The Balaban J connectivity index is 4.50. The molecule has 0 fully saturated rings. The maximum absolute atomic E-state index is 12.9. The first-order valence-corrected chi connectivity index (χ1v) is 33.0. The predicted octanol–water partition coefficient (Wildman–Crippen LogP) is 22.9. The zero-order valence-corrected chi connectivity index (χ0v) is 52.2. The van der Waals surface area contributed by atoms with Gasteiger partial charge in [0.1, 0.15) is 13.2 Å². The van der Waals surface area contributed by atoms with Crippen LogP contribution in [-0.4, -0.2) is 37.2 Å². The largest absolute Gasteiger partial charge is 0.462 e. The van der Waals surface area contributed by atoms with E-state index in [4.69, 9.17) is 14.2 Å². The van der Waals surface area contributed by atoms with Crippen LogP contribution in [0.15, 0.2) is 158 Å². The van der Waals surface area contributed by atoms with Gasteiger partial charge in [-0.05, 0) is 148 Å². The number of hydrogen-bond donors (Lipinski definition) is 0. The standard InChI is InChI=1S/C75H120O6/c1-4-7-10-13-16-19-22-25-28-31-33-34-35-36-37-38-39-40-42-44-47-50-53-56-59-62-65-68-74(77)80-71-72(70-79-73(76)67-64-61-58-55-52-49-46-43-30-27-24-21-18-15-12-9-6-3)81-75(78)69-66-63-60-57-54-51-48-45-41-32-29-26-23-20-17-14-11-8-5-2/h7-8,10-11,16-17,19-20,25-30,33-34,36-37,39-41,44-45,47,51,54,72H,4-6,9,12-15,18,21-24,31-32,35,38,42-43,46,48-50,52-53,55-71H2,1-3H3/b10-7-,11-8-,19-16-,20-17-,28-25-,29-26-,30-27-,34-33-,37-36-,40-39-,45-41-,47-44-,54-51-. The molecule has 0 radical (unpaired) electrons.